The van der Waals surface area contributed by atoms with Crippen LogP contribution in [0.2, 0.25) is 0 Å². The molecule has 1 aromatic heterocycles. The third-order valence-corrected chi connectivity index (χ3v) is 2.23. The summed E-state index contributed by atoms with van der Waals surface area (Å²) in [6.45, 7) is 1.99. The number of hydrogen-bond acceptors (Lipinski definition) is 4. The van der Waals surface area contributed by atoms with Crippen molar-refractivity contribution in [2.75, 3.05) is 0 Å². The van der Waals surface area contributed by atoms with Gasteiger partial charge in [-0.15, -0.1) is 0 Å². The van der Waals surface area contributed by atoms with Crippen molar-refractivity contribution < 1.29 is 0 Å². The molecule has 0 unspecified atom stereocenters. The number of hydrazone groups is 1. The maximum Gasteiger partial charge on any atom is 0.105 e. The summed E-state index contributed by atoms with van der Waals surface area (Å²) in [5.74, 6) is 5.28. The molecule has 1 heterocycles. The van der Waals surface area contributed by atoms with E-state index in [2.05, 4.69) is 15.1 Å². The molecule has 4 heteroatoms. The second kappa shape index (κ2) is 4.04. The van der Waals surface area contributed by atoms with Crippen LogP contribution in [0.1, 0.15) is 19.0 Å². The molecule has 0 aliphatic carbocycles. The van der Waals surface area contributed by atoms with Crippen LogP contribution < -0.4 is 5.84 Å². The maximum absolute atomic E-state index is 5.28. The number of aromatic nitrogens is 2. The minimum absolute atomic E-state index is 0.749. The molecule has 0 aliphatic heterocycles. The summed E-state index contributed by atoms with van der Waals surface area (Å²) < 4.78 is 0. The van der Waals surface area contributed by atoms with Crippen LogP contribution in [0, 0.1) is 0 Å². The lowest BCUT2D eigenvalue weighted by molar-refractivity contribution is 1.14. The Bertz CT molecular complexity index is 505. The Balaban J connectivity index is 2.56. The minimum atomic E-state index is 0.749. The fraction of sp³-hybridized carbons (Fsp3) is 0.182. The van der Waals surface area contributed by atoms with E-state index in [-0.39, 0.29) is 0 Å². The van der Waals surface area contributed by atoms with Crippen LogP contribution in [0.3, 0.4) is 0 Å². The summed E-state index contributed by atoms with van der Waals surface area (Å²) in [6, 6.07) is 7.73. The van der Waals surface area contributed by atoms with Gasteiger partial charge < -0.3 is 5.84 Å². The molecule has 15 heavy (non-hydrogen) atoms. The molecule has 76 valence electrons. The molecule has 0 saturated carbocycles. The van der Waals surface area contributed by atoms with Crippen molar-refractivity contribution in [3.05, 3.63) is 36.2 Å². The van der Waals surface area contributed by atoms with E-state index in [1.165, 1.54) is 0 Å². The fourth-order valence-corrected chi connectivity index (χ4v) is 1.43. The number of para-hydroxylation sites is 2. The molecule has 0 fully saturated rings. The number of fused-ring (bicyclic) bond motifs is 1. The van der Waals surface area contributed by atoms with Gasteiger partial charge in [0.15, 0.2) is 0 Å². The summed E-state index contributed by atoms with van der Waals surface area (Å²) in [7, 11) is 0. The SMILES string of the molecule is CCC(=NN)c1cnc2ccccc2n1. The Labute approximate surface area is 87.9 Å². The number of hydrogen-bond donors (Lipinski definition) is 1. The summed E-state index contributed by atoms with van der Waals surface area (Å²) in [6.07, 6.45) is 2.46. The highest BCUT2D eigenvalue weighted by atomic mass is 15.1. The third kappa shape index (κ3) is 1.79. The van der Waals surface area contributed by atoms with Crippen molar-refractivity contribution in [1.29, 1.82) is 0 Å². The first kappa shape index (κ1) is 9.58. The van der Waals surface area contributed by atoms with E-state index in [1.807, 2.05) is 31.2 Å². The molecular weight excluding hydrogens is 188 g/mol. The van der Waals surface area contributed by atoms with Crippen molar-refractivity contribution in [1.82, 2.24) is 9.97 Å². The van der Waals surface area contributed by atoms with Gasteiger partial charge in [0.1, 0.15) is 5.69 Å². The Morgan fingerprint density at radius 3 is 2.73 bits per heavy atom. The molecule has 0 amide bonds. The molecule has 0 saturated heterocycles. The molecule has 0 atom stereocenters. The van der Waals surface area contributed by atoms with E-state index in [4.69, 9.17) is 5.84 Å². The van der Waals surface area contributed by atoms with Crippen molar-refractivity contribution in [3.8, 4) is 0 Å². The fourth-order valence-electron chi connectivity index (χ4n) is 1.43. The van der Waals surface area contributed by atoms with Gasteiger partial charge in [0.25, 0.3) is 0 Å². The smallest absolute Gasteiger partial charge is 0.105 e. The van der Waals surface area contributed by atoms with Crippen molar-refractivity contribution in [2.45, 2.75) is 13.3 Å². The van der Waals surface area contributed by atoms with Gasteiger partial charge in [0.05, 0.1) is 22.9 Å². The normalized spacial score (nSPS) is 11.9. The van der Waals surface area contributed by atoms with Gasteiger partial charge in [-0.05, 0) is 18.6 Å². The molecular formula is C11H12N4. The quantitative estimate of drug-likeness (QED) is 0.456. The van der Waals surface area contributed by atoms with Crippen molar-refractivity contribution >= 4 is 16.7 Å². The summed E-state index contributed by atoms with van der Waals surface area (Å²) in [5, 5.41) is 3.70. The summed E-state index contributed by atoms with van der Waals surface area (Å²) in [4.78, 5) is 8.74. The van der Waals surface area contributed by atoms with Crippen LogP contribution in [-0.4, -0.2) is 15.7 Å². The van der Waals surface area contributed by atoms with E-state index < -0.39 is 0 Å². The number of benzene rings is 1. The van der Waals surface area contributed by atoms with Gasteiger partial charge in [-0.3, -0.25) is 4.98 Å². The zero-order valence-electron chi connectivity index (χ0n) is 8.51. The van der Waals surface area contributed by atoms with Crippen molar-refractivity contribution in [3.63, 3.8) is 0 Å². The number of nitrogens with two attached hydrogens (primary N) is 1. The van der Waals surface area contributed by atoms with Crippen LogP contribution in [0.4, 0.5) is 0 Å². The van der Waals surface area contributed by atoms with Crippen LogP contribution in [0.25, 0.3) is 11.0 Å². The minimum Gasteiger partial charge on any atom is -0.323 e. The van der Waals surface area contributed by atoms with Crippen LogP contribution >= 0.6 is 0 Å². The zero-order chi connectivity index (χ0) is 10.7. The van der Waals surface area contributed by atoms with Gasteiger partial charge >= 0.3 is 0 Å². The largest absolute Gasteiger partial charge is 0.323 e. The standard InChI is InChI=1S/C11H12N4/c1-2-8(15-12)11-7-13-9-5-3-4-6-10(9)14-11/h3-7H,2,12H2,1H3. The predicted octanol–water partition coefficient (Wildman–Crippen LogP) is 1.70. The molecule has 0 spiro atoms. The Hall–Kier alpha value is -1.97. The Kier molecular flexibility index (Phi) is 2.58. The molecule has 2 N–H and O–H groups in total. The van der Waals surface area contributed by atoms with E-state index in [0.717, 1.165) is 28.9 Å². The van der Waals surface area contributed by atoms with E-state index >= 15 is 0 Å². The van der Waals surface area contributed by atoms with E-state index in [1.54, 1.807) is 6.20 Å². The van der Waals surface area contributed by atoms with E-state index in [0.29, 0.717) is 0 Å². The zero-order valence-corrected chi connectivity index (χ0v) is 8.51. The molecule has 0 aliphatic rings. The van der Waals surface area contributed by atoms with Gasteiger partial charge in [-0.2, -0.15) is 5.10 Å². The predicted molar refractivity (Wildman–Crippen MR) is 60.6 cm³/mol. The number of rotatable bonds is 2. The summed E-state index contributed by atoms with van der Waals surface area (Å²) >= 11 is 0. The highest BCUT2D eigenvalue weighted by Crippen LogP contribution is 2.09. The monoisotopic (exact) mass is 200 g/mol. The third-order valence-electron chi connectivity index (χ3n) is 2.23. The molecule has 2 rings (SSSR count). The molecule has 2 aromatic rings. The summed E-state index contributed by atoms with van der Waals surface area (Å²) in [5.41, 5.74) is 3.27. The molecule has 0 bridgehead atoms. The lowest BCUT2D eigenvalue weighted by Crippen LogP contribution is -2.06. The molecule has 1 aromatic carbocycles. The number of nitrogens with zero attached hydrogens (tertiary/aromatic N) is 3. The van der Waals surface area contributed by atoms with Crippen LogP contribution in [0.5, 0.6) is 0 Å². The van der Waals surface area contributed by atoms with Gasteiger partial charge in [-0.25, -0.2) is 4.98 Å². The van der Waals surface area contributed by atoms with E-state index in [9.17, 15) is 0 Å². The second-order valence-corrected chi connectivity index (χ2v) is 3.17. The van der Waals surface area contributed by atoms with Crippen LogP contribution in [0.15, 0.2) is 35.6 Å². The first-order valence-corrected chi connectivity index (χ1v) is 4.84. The first-order valence-electron chi connectivity index (χ1n) is 4.84. The van der Waals surface area contributed by atoms with Crippen molar-refractivity contribution in [2.24, 2.45) is 10.9 Å². The van der Waals surface area contributed by atoms with Crippen LogP contribution in [-0.2, 0) is 0 Å². The molecule has 4 nitrogen and oxygen atoms in total. The topological polar surface area (TPSA) is 64.2 Å². The lowest BCUT2D eigenvalue weighted by atomic mass is 10.2. The van der Waals surface area contributed by atoms with Gasteiger partial charge in [0.2, 0.25) is 0 Å². The maximum atomic E-state index is 5.28. The average Bonchev–Trinajstić information content (AvgIpc) is 2.30. The first-order chi connectivity index (χ1) is 7.35. The highest BCUT2D eigenvalue weighted by molar-refractivity contribution is 5.99. The Morgan fingerprint density at radius 1 is 1.33 bits per heavy atom. The molecule has 0 radical (unpaired) electrons. The Morgan fingerprint density at radius 2 is 2.07 bits per heavy atom. The lowest BCUT2D eigenvalue weighted by Gasteiger charge is -2.02. The van der Waals surface area contributed by atoms with Gasteiger partial charge in [0, 0.05) is 0 Å². The second-order valence-electron chi connectivity index (χ2n) is 3.17. The van der Waals surface area contributed by atoms with Gasteiger partial charge in [-0.1, -0.05) is 19.1 Å². The highest BCUT2D eigenvalue weighted by Gasteiger charge is 2.04. The average molecular weight is 200 g/mol.